The minimum absolute atomic E-state index is 0. The average Bonchev–Trinajstić information content (AvgIpc) is 3.46. The fourth-order valence-electron chi connectivity index (χ4n) is 5.24. The summed E-state index contributed by atoms with van der Waals surface area (Å²) in [6.07, 6.45) is 3.78. The van der Waals surface area contributed by atoms with Gasteiger partial charge in [-0.25, -0.2) is 0 Å². The molecule has 0 heterocycles. The van der Waals surface area contributed by atoms with Crippen molar-refractivity contribution in [3.63, 3.8) is 0 Å². The standard InChI is InChI=1S/C22H23.C9H13.C2H7Si.2ClH.Zr/c1-13-10-18-12-17-6-5-7-20(17)22(21(18)11-13)19-9-8-14(2)15(3)16(19)4;1-6-5-7(2)9(4)8(6)3;1-3-2;;;/h8-12H,5-7H2,1-4H3;5H,1-4H3;3H,1-2H3;2*1H;/q2*-1;;;;+4/p-2. The predicted molar refractivity (Wildman–Crippen MR) is 156 cm³/mol. The summed E-state index contributed by atoms with van der Waals surface area (Å²) in [7, 11) is 0.750. The van der Waals surface area contributed by atoms with Crippen molar-refractivity contribution >= 4 is 20.3 Å². The Labute approximate surface area is 260 Å². The molecule has 197 valence electrons. The number of rotatable bonds is 1. The van der Waals surface area contributed by atoms with Crippen LogP contribution in [0.1, 0.15) is 62.1 Å². The van der Waals surface area contributed by atoms with E-state index in [2.05, 4.69) is 105 Å². The van der Waals surface area contributed by atoms with Crippen LogP contribution in [0.15, 0.2) is 36.4 Å². The summed E-state index contributed by atoms with van der Waals surface area (Å²) in [6, 6.07) is 14.0. The Morgan fingerprint density at radius 3 is 1.78 bits per heavy atom. The van der Waals surface area contributed by atoms with Gasteiger partial charge >= 0.3 is 26.2 Å². The van der Waals surface area contributed by atoms with Crippen LogP contribution in [-0.4, -0.2) is 9.52 Å². The number of aryl methyl sites for hydroxylation is 5. The largest absolute Gasteiger partial charge is 4.00 e. The van der Waals surface area contributed by atoms with Gasteiger partial charge in [0, 0.05) is 9.52 Å². The zero-order valence-electron chi connectivity index (χ0n) is 24.4. The molecule has 0 N–H and O–H groups in total. The van der Waals surface area contributed by atoms with E-state index in [4.69, 9.17) is 0 Å². The first-order valence-electron chi connectivity index (χ1n) is 12.8. The SMILES string of the molecule is C[SiH]C.Cc1[cH-]c(C)c(C)c1C.Cc1cc2c(-c3ccc(C)c(C)c3C)c3c(cc2[cH-]1)CCC3.[Cl-].[Cl-].[Zr+4]. The van der Waals surface area contributed by atoms with E-state index in [0.29, 0.717) is 0 Å². The second-order valence-corrected chi connectivity index (χ2v) is 11.5. The van der Waals surface area contributed by atoms with Gasteiger partial charge in [0.25, 0.3) is 0 Å². The maximum Gasteiger partial charge on any atom is 4.00 e. The molecule has 0 saturated heterocycles. The van der Waals surface area contributed by atoms with Gasteiger partial charge in [-0.2, -0.15) is 34.4 Å². The van der Waals surface area contributed by atoms with E-state index in [1.165, 1.54) is 85.7 Å². The Bertz CT molecular complexity index is 1290. The molecular weight excluding hydrogens is 587 g/mol. The molecule has 0 unspecified atom stereocenters. The summed E-state index contributed by atoms with van der Waals surface area (Å²) in [4.78, 5) is 0. The first kappa shape index (κ1) is 36.1. The molecule has 4 aromatic carbocycles. The van der Waals surface area contributed by atoms with Gasteiger partial charge in [-0.05, 0) is 62.3 Å². The molecule has 0 fully saturated rings. The maximum absolute atomic E-state index is 2.44. The first-order valence-corrected chi connectivity index (χ1v) is 15.1. The van der Waals surface area contributed by atoms with Crippen molar-refractivity contribution < 1.29 is 51.0 Å². The molecule has 0 aliphatic heterocycles. The van der Waals surface area contributed by atoms with Crippen molar-refractivity contribution in [2.24, 2.45) is 0 Å². The van der Waals surface area contributed by atoms with Crippen molar-refractivity contribution in [3.8, 4) is 11.1 Å². The summed E-state index contributed by atoms with van der Waals surface area (Å²) in [5, 5.41) is 2.87. The minimum Gasteiger partial charge on any atom is -1.00 e. The van der Waals surface area contributed by atoms with Crippen LogP contribution < -0.4 is 24.8 Å². The van der Waals surface area contributed by atoms with Gasteiger partial charge in [-0.3, -0.25) is 0 Å². The number of halogens is 2. The van der Waals surface area contributed by atoms with Crippen LogP contribution in [0.3, 0.4) is 0 Å². The summed E-state index contributed by atoms with van der Waals surface area (Å²) >= 11 is 0. The van der Waals surface area contributed by atoms with Crippen LogP contribution >= 0.6 is 0 Å². The Morgan fingerprint density at radius 1 is 0.703 bits per heavy atom. The molecule has 1 aliphatic carbocycles. The Kier molecular flexibility index (Phi) is 15.2. The Hall–Kier alpha value is -0.920. The third-order valence-corrected chi connectivity index (χ3v) is 7.73. The van der Waals surface area contributed by atoms with Crippen LogP contribution in [0, 0.1) is 55.4 Å². The normalized spacial score (nSPS) is 11.2. The van der Waals surface area contributed by atoms with E-state index in [1.807, 2.05) is 0 Å². The summed E-state index contributed by atoms with van der Waals surface area (Å²) < 4.78 is 0. The van der Waals surface area contributed by atoms with Crippen LogP contribution in [0.25, 0.3) is 21.9 Å². The van der Waals surface area contributed by atoms with Gasteiger partial charge in [0.2, 0.25) is 0 Å². The summed E-state index contributed by atoms with van der Waals surface area (Å²) in [5.74, 6) is 0. The van der Waals surface area contributed by atoms with E-state index in [9.17, 15) is 0 Å². The quantitative estimate of drug-likeness (QED) is 0.224. The Morgan fingerprint density at radius 2 is 1.27 bits per heavy atom. The number of fused-ring (bicyclic) bond motifs is 2. The predicted octanol–water partition coefficient (Wildman–Crippen LogP) is 3.11. The number of hydrogen-bond acceptors (Lipinski definition) is 0. The van der Waals surface area contributed by atoms with Gasteiger partial charge in [-0.15, -0.1) is 28.5 Å². The van der Waals surface area contributed by atoms with Crippen molar-refractivity contribution in [1.29, 1.82) is 0 Å². The molecule has 0 aromatic heterocycles. The molecule has 5 rings (SSSR count). The zero-order valence-corrected chi connectivity index (χ0v) is 29.5. The molecule has 37 heavy (non-hydrogen) atoms. The Balaban J connectivity index is 0.000000737. The average molecular weight is 630 g/mol. The van der Waals surface area contributed by atoms with Crippen molar-refractivity contribution in [3.05, 3.63) is 92.0 Å². The zero-order chi connectivity index (χ0) is 25.2. The molecule has 0 saturated carbocycles. The maximum atomic E-state index is 2.44. The van der Waals surface area contributed by atoms with Crippen molar-refractivity contribution in [2.75, 3.05) is 0 Å². The van der Waals surface area contributed by atoms with Crippen molar-refractivity contribution in [2.45, 2.75) is 87.7 Å². The van der Waals surface area contributed by atoms with E-state index in [0.717, 1.165) is 9.52 Å². The molecule has 4 aromatic rings. The number of hydrogen-bond donors (Lipinski definition) is 0. The first-order chi connectivity index (χ1) is 16.1. The molecule has 0 atom stereocenters. The van der Waals surface area contributed by atoms with Gasteiger partial charge in [0.05, 0.1) is 0 Å². The molecule has 0 bridgehead atoms. The van der Waals surface area contributed by atoms with Crippen LogP contribution in [0.2, 0.25) is 13.1 Å². The van der Waals surface area contributed by atoms with Gasteiger partial charge in [0.15, 0.2) is 0 Å². The van der Waals surface area contributed by atoms with Gasteiger partial charge in [0.1, 0.15) is 0 Å². The molecule has 0 nitrogen and oxygen atoms in total. The molecule has 4 heteroatoms. The fourth-order valence-corrected chi connectivity index (χ4v) is 5.24. The second kappa shape index (κ2) is 15.6. The van der Waals surface area contributed by atoms with E-state index < -0.39 is 0 Å². The molecule has 0 spiro atoms. The summed E-state index contributed by atoms with van der Waals surface area (Å²) in [6.45, 7) is 22.1. The minimum atomic E-state index is 0. The van der Waals surface area contributed by atoms with E-state index in [-0.39, 0.29) is 51.0 Å². The fraction of sp³-hybridized carbons (Fsp3) is 0.394. The smallest absolute Gasteiger partial charge is 1.00 e. The third-order valence-electron chi connectivity index (χ3n) is 7.73. The van der Waals surface area contributed by atoms with E-state index in [1.54, 1.807) is 11.1 Å². The van der Waals surface area contributed by atoms with Gasteiger partial charge in [-0.1, -0.05) is 76.5 Å². The monoisotopic (exact) mass is 627 g/mol. The third kappa shape index (κ3) is 7.82. The number of benzene rings is 2. The van der Waals surface area contributed by atoms with Crippen LogP contribution in [0.4, 0.5) is 0 Å². The second-order valence-electron chi connectivity index (χ2n) is 10.3. The van der Waals surface area contributed by atoms with Gasteiger partial charge < -0.3 is 24.8 Å². The molecule has 1 aliphatic rings. The molecular formula is C33H43Cl2SiZr. The van der Waals surface area contributed by atoms with Crippen LogP contribution in [0.5, 0.6) is 0 Å². The van der Waals surface area contributed by atoms with Crippen molar-refractivity contribution in [1.82, 2.24) is 0 Å². The summed E-state index contributed by atoms with van der Waals surface area (Å²) in [5.41, 5.74) is 17.5. The molecule has 1 radical (unpaired) electrons. The molecule has 0 amide bonds. The topological polar surface area (TPSA) is 0 Å². The van der Waals surface area contributed by atoms with Crippen LogP contribution in [-0.2, 0) is 39.0 Å². The van der Waals surface area contributed by atoms with E-state index >= 15 is 0 Å².